The number of carbonyl (C=O) groups excluding carboxylic acids is 1. The number of hydrogen-bond donors (Lipinski definition) is 0. The molecule has 0 fully saturated rings. The summed E-state index contributed by atoms with van der Waals surface area (Å²) < 4.78 is 10.7. The third-order valence-corrected chi connectivity index (χ3v) is 4.00. The molecule has 0 saturated carbocycles. The largest absolute Gasteiger partial charge is 0.493 e. The number of nitrogens with zero attached hydrogens (tertiary/aromatic N) is 2. The van der Waals surface area contributed by atoms with E-state index < -0.39 is 0 Å². The molecule has 5 heteroatoms. The number of benzene rings is 1. The number of pyridine rings is 1. The maximum Gasteiger partial charge on any atom is 0.259 e. The van der Waals surface area contributed by atoms with Gasteiger partial charge < -0.3 is 14.4 Å². The smallest absolute Gasteiger partial charge is 0.259 e. The van der Waals surface area contributed by atoms with E-state index in [9.17, 15) is 4.79 Å². The van der Waals surface area contributed by atoms with Crippen LogP contribution in [0.25, 0.3) is 5.70 Å². The van der Waals surface area contributed by atoms with Gasteiger partial charge in [-0.15, -0.1) is 0 Å². The highest BCUT2D eigenvalue weighted by Crippen LogP contribution is 2.37. The lowest BCUT2D eigenvalue weighted by molar-refractivity contribution is 0.0833. The third-order valence-electron chi connectivity index (χ3n) is 4.00. The Balaban J connectivity index is 1.96. The van der Waals surface area contributed by atoms with Crippen molar-refractivity contribution < 1.29 is 14.3 Å². The van der Waals surface area contributed by atoms with Crippen LogP contribution < -0.4 is 9.47 Å². The summed E-state index contributed by atoms with van der Waals surface area (Å²) in [6.45, 7) is 4.68. The molecule has 0 N–H and O–H groups in total. The fourth-order valence-electron chi connectivity index (χ4n) is 2.78. The molecule has 1 aromatic carbocycles. The summed E-state index contributed by atoms with van der Waals surface area (Å²) in [5.74, 6) is 1.22. The second kappa shape index (κ2) is 6.12. The molecular formula is C18H18N2O3. The monoisotopic (exact) mass is 310 g/mol. The van der Waals surface area contributed by atoms with Crippen molar-refractivity contribution in [3.05, 3.63) is 59.9 Å². The Labute approximate surface area is 135 Å². The molecule has 0 radical (unpaired) electrons. The van der Waals surface area contributed by atoms with Crippen molar-refractivity contribution in [2.45, 2.75) is 6.42 Å². The Hall–Kier alpha value is -2.82. The summed E-state index contributed by atoms with van der Waals surface area (Å²) in [4.78, 5) is 18.4. The van der Waals surface area contributed by atoms with Crippen LogP contribution in [0.15, 0.2) is 43.2 Å². The van der Waals surface area contributed by atoms with Gasteiger partial charge in [0.25, 0.3) is 5.91 Å². The van der Waals surface area contributed by atoms with Crippen LogP contribution in [0.2, 0.25) is 0 Å². The van der Waals surface area contributed by atoms with E-state index in [1.165, 1.54) is 0 Å². The normalized spacial score (nSPS) is 13.5. The lowest BCUT2D eigenvalue weighted by Gasteiger charge is -2.31. The van der Waals surface area contributed by atoms with Gasteiger partial charge in [0, 0.05) is 30.2 Å². The minimum atomic E-state index is -0.0939. The van der Waals surface area contributed by atoms with Crippen LogP contribution >= 0.6 is 0 Å². The van der Waals surface area contributed by atoms with E-state index in [1.54, 1.807) is 43.6 Å². The molecule has 5 nitrogen and oxygen atoms in total. The molecule has 1 aliphatic heterocycles. The van der Waals surface area contributed by atoms with E-state index in [2.05, 4.69) is 11.6 Å². The van der Waals surface area contributed by atoms with Crippen molar-refractivity contribution in [3.8, 4) is 11.5 Å². The van der Waals surface area contributed by atoms with E-state index in [1.807, 2.05) is 12.1 Å². The molecule has 2 aromatic rings. The minimum absolute atomic E-state index is 0.0939. The van der Waals surface area contributed by atoms with E-state index in [-0.39, 0.29) is 5.91 Å². The van der Waals surface area contributed by atoms with Crippen molar-refractivity contribution in [1.82, 2.24) is 9.88 Å². The van der Waals surface area contributed by atoms with Crippen LogP contribution in [-0.2, 0) is 6.42 Å². The number of ether oxygens (including phenoxy) is 2. The van der Waals surface area contributed by atoms with E-state index in [0.29, 0.717) is 29.3 Å². The van der Waals surface area contributed by atoms with Crippen LogP contribution in [0, 0.1) is 0 Å². The topological polar surface area (TPSA) is 51.7 Å². The zero-order valence-corrected chi connectivity index (χ0v) is 13.2. The highest BCUT2D eigenvalue weighted by molar-refractivity contribution is 5.99. The Morgan fingerprint density at radius 2 is 2.00 bits per heavy atom. The van der Waals surface area contributed by atoms with Crippen molar-refractivity contribution in [1.29, 1.82) is 0 Å². The summed E-state index contributed by atoms with van der Waals surface area (Å²) in [5.41, 5.74) is 3.23. The van der Waals surface area contributed by atoms with Gasteiger partial charge in [0.15, 0.2) is 11.5 Å². The van der Waals surface area contributed by atoms with Crippen LogP contribution in [0.3, 0.4) is 0 Å². The fourth-order valence-corrected chi connectivity index (χ4v) is 2.78. The molecule has 23 heavy (non-hydrogen) atoms. The van der Waals surface area contributed by atoms with Gasteiger partial charge in [-0.05, 0) is 36.2 Å². The standard InChI is InChI=1S/C18H18N2O3/c1-12-15-10-17(23-3)16(22-2)9-13(15)6-8-20(12)18(21)14-5-4-7-19-11-14/h4-5,7,9-11H,1,6,8H2,2-3H3. The molecule has 0 atom stereocenters. The number of methoxy groups -OCH3 is 2. The van der Waals surface area contributed by atoms with Crippen molar-refractivity contribution in [2.24, 2.45) is 0 Å². The van der Waals surface area contributed by atoms with Gasteiger partial charge in [-0.3, -0.25) is 9.78 Å². The number of fused-ring (bicyclic) bond motifs is 1. The van der Waals surface area contributed by atoms with Crippen LogP contribution in [0.1, 0.15) is 21.5 Å². The quantitative estimate of drug-likeness (QED) is 0.875. The molecule has 118 valence electrons. The maximum atomic E-state index is 12.7. The van der Waals surface area contributed by atoms with Gasteiger partial charge in [0.05, 0.1) is 19.8 Å². The molecule has 1 amide bonds. The summed E-state index contributed by atoms with van der Waals surface area (Å²) in [7, 11) is 3.20. The maximum absolute atomic E-state index is 12.7. The fraction of sp³-hybridized carbons (Fsp3) is 0.222. The number of hydrogen-bond acceptors (Lipinski definition) is 4. The van der Waals surface area contributed by atoms with Crippen molar-refractivity contribution in [2.75, 3.05) is 20.8 Å². The van der Waals surface area contributed by atoms with E-state index >= 15 is 0 Å². The molecule has 0 spiro atoms. The summed E-state index contributed by atoms with van der Waals surface area (Å²) in [5, 5.41) is 0. The zero-order valence-electron chi connectivity index (χ0n) is 13.2. The summed E-state index contributed by atoms with van der Waals surface area (Å²) in [6.07, 6.45) is 3.95. The first-order valence-corrected chi connectivity index (χ1v) is 7.31. The van der Waals surface area contributed by atoms with Crippen molar-refractivity contribution >= 4 is 11.6 Å². The molecule has 0 aliphatic carbocycles. The van der Waals surface area contributed by atoms with E-state index in [0.717, 1.165) is 17.5 Å². The van der Waals surface area contributed by atoms with Gasteiger partial charge >= 0.3 is 0 Å². The van der Waals surface area contributed by atoms with Crippen molar-refractivity contribution in [3.63, 3.8) is 0 Å². The third kappa shape index (κ3) is 2.65. The molecule has 2 heterocycles. The van der Waals surface area contributed by atoms with Gasteiger partial charge in [-0.25, -0.2) is 0 Å². The zero-order chi connectivity index (χ0) is 16.4. The summed E-state index contributed by atoms with van der Waals surface area (Å²) >= 11 is 0. The second-order valence-electron chi connectivity index (χ2n) is 5.26. The number of amides is 1. The molecule has 3 rings (SSSR count). The van der Waals surface area contributed by atoms with E-state index in [4.69, 9.17) is 9.47 Å². The number of carbonyl (C=O) groups is 1. The SMILES string of the molecule is C=C1c2cc(OC)c(OC)cc2CCN1C(=O)c1cccnc1. The highest BCUT2D eigenvalue weighted by atomic mass is 16.5. The number of aromatic nitrogens is 1. The molecule has 0 unspecified atom stereocenters. The average molecular weight is 310 g/mol. The Bertz CT molecular complexity index is 756. The first-order valence-electron chi connectivity index (χ1n) is 7.31. The van der Waals surface area contributed by atoms with Crippen LogP contribution in [-0.4, -0.2) is 36.6 Å². The first-order chi connectivity index (χ1) is 11.2. The Morgan fingerprint density at radius 1 is 1.26 bits per heavy atom. The van der Waals surface area contributed by atoms with Gasteiger partial charge in [-0.1, -0.05) is 6.58 Å². The average Bonchev–Trinajstić information content (AvgIpc) is 2.61. The lowest BCUT2D eigenvalue weighted by Crippen LogP contribution is -2.34. The van der Waals surface area contributed by atoms with Gasteiger partial charge in [-0.2, -0.15) is 0 Å². The predicted molar refractivity (Wildman–Crippen MR) is 87.6 cm³/mol. The molecule has 0 bridgehead atoms. The molecule has 1 aromatic heterocycles. The molecule has 1 aliphatic rings. The van der Waals surface area contributed by atoms with Gasteiger partial charge in [0.1, 0.15) is 0 Å². The first kappa shape index (κ1) is 15.1. The van der Waals surface area contributed by atoms with Gasteiger partial charge in [0.2, 0.25) is 0 Å². The van der Waals surface area contributed by atoms with Crippen LogP contribution in [0.4, 0.5) is 0 Å². The predicted octanol–water partition coefficient (Wildman–Crippen LogP) is 2.77. The Kier molecular flexibility index (Phi) is 4.02. The minimum Gasteiger partial charge on any atom is -0.493 e. The highest BCUT2D eigenvalue weighted by Gasteiger charge is 2.27. The molecule has 0 saturated heterocycles. The van der Waals surface area contributed by atoms with Crippen LogP contribution in [0.5, 0.6) is 11.5 Å². The molecular weight excluding hydrogens is 292 g/mol. The second-order valence-corrected chi connectivity index (χ2v) is 5.26. The lowest BCUT2D eigenvalue weighted by atomic mass is 9.95. The Morgan fingerprint density at radius 3 is 2.65 bits per heavy atom. The number of rotatable bonds is 3. The summed E-state index contributed by atoms with van der Waals surface area (Å²) in [6, 6.07) is 7.33.